The van der Waals surface area contributed by atoms with E-state index in [1.807, 2.05) is 0 Å². The van der Waals surface area contributed by atoms with Crippen molar-refractivity contribution in [3.63, 3.8) is 0 Å². The summed E-state index contributed by atoms with van der Waals surface area (Å²) in [7, 11) is 0. The molecular formula is C9H19NO. The molecule has 0 aromatic rings. The lowest BCUT2D eigenvalue weighted by molar-refractivity contribution is 0.00491. The minimum Gasteiger partial charge on any atom is -0.375 e. The Morgan fingerprint density at radius 1 is 1.64 bits per heavy atom. The highest BCUT2D eigenvalue weighted by atomic mass is 16.5. The standard InChI is InChI=1S/C9H19NO/c1-4-8(10)7-5-6-11-9(7,2)3/h7-8H,4-6,10H2,1-3H3. The molecule has 0 aromatic carbocycles. The van der Waals surface area contributed by atoms with Crippen molar-refractivity contribution < 1.29 is 4.74 Å². The Morgan fingerprint density at radius 2 is 2.27 bits per heavy atom. The van der Waals surface area contributed by atoms with Gasteiger partial charge in [0.05, 0.1) is 5.60 Å². The molecule has 0 saturated carbocycles. The zero-order valence-corrected chi connectivity index (χ0v) is 7.76. The summed E-state index contributed by atoms with van der Waals surface area (Å²) in [5, 5.41) is 0. The monoisotopic (exact) mass is 157 g/mol. The van der Waals surface area contributed by atoms with Gasteiger partial charge in [-0.15, -0.1) is 0 Å². The van der Waals surface area contributed by atoms with Gasteiger partial charge in [-0.3, -0.25) is 0 Å². The van der Waals surface area contributed by atoms with Gasteiger partial charge in [-0.2, -0.15) is 0 Å². The molecule has 2 nitrogen and oxygen atoms in total. The van der Waals surface area contributed by atoms with Crippen LogP contribution in [-0.4, -0.2) is 18.2 Å². The second-order valence-electron chi connectivity index (χ2n) is 3.92. The van der Waals surface area contributed by atoms with E-state index in [9.17, 15) is 0 Å². The Labute approximate surface area is 69.1 Å². The first-order valence-corrected chi connectivity index (χ1v) is 4.47. The van der Waals surface area contributed by atoms with Crippen LogP contribution in [0.5, 0.6) is 0 Å². The second-order valence-corrected chi connectivity index (χ2v) is 3.92. The molecular weight excluding hydrogens is 138 g/mol. The molecule has 1 fully saturated rings. The third kappa shape index (κ3) is 1.74. The largest absolute Gasteiger partial charge is 0.375 e. The molecule has 2 N–H and O–H groups in total. The quantitative estimate of drug-likeness (QED) is 0.660. The van der Waals surface area contributed by atoms with Gasteiger partial charge in [0.15, 0.2) is 0 Å². The van der Waals surface area contributed by atoms with E-state index < -0.39 is 0 Å². The summed E-state index contributed by atoms with van der Waals surface area (Å²) in [4.78, 5) is 0. The molecule has 66 valence electrons. The lowest BCUT2D eigenvalue weighted by atomic mass is 9.84. The van der Waals surface area contributed by atoms with Crippen LogP contribution in [0.2, 0.25) is 0 Å². The molecule has 0 aliphatic carbocycles. The maximum absolute atomic E-state index is 5.97. The lowest BCUT2D eigenvalue weighted by Gasteiger charge is -2.29. The Hall–Kier alpha value is -0.0800. The van der Waals surface area contributed by atoms with Crippen LogP contribution >= 0.6 is 0 Å². The van der Waals surface area contributed by atoms with Gasteiger partial charge >= 0.3 is 0 Å². The predicted octanol–water partition coefficient (Wildman–Crippen LogP) is 1.54. The maximum atomic E-state index is 5.97. The summed E-state index contributed by atoms with van der Waals surface area (Å²) < 4.78 is 5.60. The van der Waals surface area contributed by atoms with Crippen molar-refractivity contribution in [1.82, 2.24) is 0 Å². The van der Waals surface area contributed by atoms with E-state index in [0.717, 1.165) is 19.4 Å². The molecule has 2 unspecified atom stereocenters. The smallest absolute Gasteiger partial charge is 0.0670 e. The number of hydrogen-bond acceptors (Lipinski definition) is 2. The second kappa shape index (κ2) is 3.11. The Bertz CT molecular complexity index is 134. The molecule has 2 atom stereocenters. The van der Waals surface area contributed by atoms with Crippen LogP contribution in [0.1, 0.15) is 33.6 Å². The fourth-order valence-electron chi connectivity index (χ4n) is 1.92. The average molecular weight is 157 g/mol. The molecule has 1 aliphatic rings. The summed E-state index contributed by atoms with van der Waals surface area (Å²) in [6.45, 7) is 7.30. The van der Waals surface area contributed by atoms with Gasteiger partial charge in [0.25, 0.3) is 0 Å². The number of nitrogens with two attached hydrogens (primary N) is 1. The Balaban J connectivity index is 2.57. The average Bonchev–Trinajstić information content (AvgIpc) is 2.28. The summed E-state index contributed by atoms with van der Waals surface area (Å²) in [5.41, 5.74) is 5.98. The van der Waals surface area contributed by atoms with Gasteiger partial charge in [-0.1, -0.05) is 6.92 Å². The highest BCUT2D eigenvalue weighted by Crippen LogP contribution is 2.33. The van der Waals surface area contributed by atoms with E-state index >= 15 is 0 Å². The topological polar surface area (TPSA) is 35.2 Å². The first kappa shape index (κ1) is 9.01. The maximum Gasteiger partial charge on any atom is 0.0670 e. The fraction of sp³-hybridized carbons (Fsp3) is 1.00. The van der Waals surface area contributed by atoms with Crippen molar-refractivity contribution in [3.8, 4) is 0 Å². The van der Waals surface area contributed by atoms with E-state index in [4.69, 9.17) is 10.5 Å². The SMILES string of the molecule is CCC(N)C1CCOC1(C)C. The van der Waals surface area contributed by atoms with Crippen molar-refractivity contribution in [1.29, 1.82) is 0 Å². The summed E-state index contributed by atoms with van der Waals surface area (Å²) in [5.74, 6) is 0.549. The predicted molar refractivity (Wildman–Crippen MR) is 46.4 cm³/mol. The van der Waals surface area contributed by atoms with Crippen molar-refractivity contribution >= 4 is 0 Å². The summed E-state index contributed by atoms with van der Waals surface area (Å²) in [6.07, 6.45) is 2.18. The third-order valence-electron chi connectivity index (χ3n) is 2.78. The Morgan fingerprint density at radius 3 is 2.64 bits per heavy atom. The van der Waals surface area contributed by atoms with Crippen LogP contribution < -0.4 is 5.73 Å². The molecule has 0 amide bonds. The van der Waals surface area contributed by atoms with Crippen LogP contribution in [0, 0.1) is 5.92 Å². The van der Waals surface area contributed by atoms with Gasteiger partial charge in [-0.05, 0) is 26.7 Å². The Kier molecular flexibility index (Phi) is 2.55. The summed E-state index contributed by atoms with van der Waals surface area (Å²) in [6, 6.07) is 0.312. The molecule has 0 aromatic heterocycles. The fourth-order valence-corrected chi connectivity index (χ4v) is 1.92. The van der Waals surface area contributed by atoms with E-state index in [2.05, 4.69) is 20.8 Å². The van der Waals surface area contributed by atoms with Crippen molar-refractivity contribution in [3.05, 3.63) is 0 Å². The van der Waals surface area contributed by atoms with Gasteiger partial charge in [0, 0.05) is 18.6 Å². The van der Waals surface area contributed by atoms with Gasteiger partial charge in [-0.25, -0.2) is 0 Å². The zero-order chi connectivity index (χ0) is 8.48. The minimum atomic E-state index is 0.00935. The molecule has 0 bridgehead atoms. The minimum absolute atomic E-state index is 0.00935. The van der Waals surface area contributed by atoms with Crippen LogP contribution in [-0.2, 0) is 4.74 Å². The van der Waals surface area contributed by atoms with Crippen molar-refractivity contribution in [2.24, 2.45) is 11.7 Å². The molecule has 1 aliphatic heterocycles. The van der Waals surface area contributed by atoms with Crippen LogP contribution in [0.4, 0.5) is 0 Å². The third-order valence-corrected chi connectivity index (χ3v) is 2.78. The molecule has 11 heavy (non-hydrogen) atoms. The van der Waals surface area contributed by atoms with Gasteiger partial charge in [0.2, 0.25) is 0 Å². The van der Waals surface area contributed by atoms with Gasteiger partial charge in [0.1, 0.15) is 0 Å². The molecule has 2 heteroatoms. The van der Waals surface area contributed by atoms with Crippen LogP contribution in [0.25, 0.3) is 0 Å². The van der Waals surface area contributed by atoms with Crippen molar-refractivity contribution in [2.45, 2.75) is 45.3 Å². The van der Waals surface area contributed by atoms with E-state index in [-0.39, 0.29) is 5.60 Å². The van der Waals surface area contributed by atoms with Crippen LogP contribution in [0.15, 0.2) is 0 Å². The van der Waals surface area contributed by atoms with Crippen LogP contribution in [0.3, 0.4) is 0 Å². The normalized spacial score (nSPS) is 32.2. The molecule has 1 heterocycles. The number of rotatable bonds is 2. The first-order chi connectivity index (χ1) is 5.08. The highest BCUT2D eigenvalue weighted by Gasteiger charge is 2.38. The molecule has 1 saturated heterocycles. The number of ether oxygens (including phenoxy) is 1. The zero-order valence-electron chi connectivity index (χ0n) is 7.76. The van der Waals surface area contributed by atoms with E-state index in [1.165, 1.54) is 0 Å². The molecule has 0 radical (unpaired) electrons. The first-order valence-electron chi connectivity index (χ1n) is 4.47. The number of hydrogen-bond donors (Lipinski definition) is 1. The van der Waals surface area contributed by atoms with Gasteiger partial charge < -0.3 is 10.5 Å². The lowest BCUT2D eigenvalue weighted by Crippen LogP contribution is -2.40. The van der Waals surface area contributed by atoms with Crippen molar-refractivity contribution in [2.75, 3.05) is 6.61 Å². The van der Waals surface area contributed by atoms with E-state index in [0.29, 0.717) is 12.0 Å². The highest BCUT2D eigenvalue weighted by molar-refractivity contribution is 4.90. The molecule has 1 rings (SSSR count). The molecule has 0 spiro atoms. The summed E-state index contributed by atoms with van der Waals surface area (Å²) >= 11 is 0. The van der Waals surface area contributed by atoms with E-state index in [1.54, 1.807) is 0 Å².